The Bertz CT molecular complexity index is 2730. The van der Waals surface area contributed by atoms with Gasteiger partial charge in [0.1, 0.15) is 11.2 Å². The lowest BCUT2D eigenvalue weighted by molar-refractivity contribution is 0.669. The van der Waals surface area contributed by atoms with Gasteiger partial charge in [-0.15, -0.1) is 0 Å². The summed E-state index contributed by atoms with van der Waals surface area (Å²) in [6.07, 6.45) is 0. The number of hydrogen-bond acceptors (Lipinski definition) is 4. The number of aromatic nitrogens is 3. The van der Waals surface area contributed by atoms with Gasteiger partial charge in [-0.2, -0.15) is 0 Å². The van der Waals surface area contributed by atoms with Gasteiger partial charge in [0.15, 0.2) is 17.5 Å². The minimum atomic E-state index is 0.631. The summed E-state index contributed by atoms with van der Waals surface area (Å²) in [7, 11) is 0. The summed E-state index contributed by atoms with van der Waals surface area (Å²) < 4.78 is 6.57. The molecule has 218 valence electrons. The summed E-state index contributed by atoms with van der Waals surface area (Å²) in [5.41, 5.74) is 6.77. The van der Waals surface area contributed by atoms with Crippen LogP contribution in [0.3, 0.4) is 0 Å². The molecule has 0 aliphatic heterocycles. The Balaban J connectivity index is 1.21. The lowest BCUT2D eigenvalue weighted by Crippen LogP contribution is -2.00. The van der Waals surface area contributed by atoms with Crippen molar-refractivity contribution in [3.8, 4) is 45.3 Å². The molecule has 0 aliphatic rings. The lowest BCUT2D eigenvalue weighted by atomic mass is 9.89. The Labute approximate surface area is 270 Å². The number of hydrogen-bond donors (Lipinski definition) is 0. The van der Waals surface area contributed by atoms with E-state index in [4.69, 9.17) is 19.4 Å². The molecule has 0 radical (unpaired) electrons. The van der Waals surface area contributed by atoms with Crippen LogP contribution in [0, 0.1) is 0 Å². The highest BCUT2D eigenvalue weighted by Gasteiger charge is 2.20. The fourth-order valence-electron chi connectivity index (χ4n) is 7.10. The van der Waals surface area contributed by atoms with Crippen LogP contribution in [0.2, 0.25) is 0 Å². The van der Waals surface area contributed by atoms with Crippen LogP contribution >= 0.6 is 0 Å². The van der Waals surface area contributed by atoms with E-state index >= 15 is 0 Å². The van der Waals surface area contributed by atoms with Crippen LogP contribution in [0.5, 0.6) is 0 Å². The van der Waals surface area contributed by atoms with Crippen molar-refractivity contribution < 1.29 is 4.42 Å². The van der Waals surface area contributed by atoms with Gasteiger partial charge < -0.3 is 4.42 Å². The van der Waals surface area contributed by atoms with Gasteiger partial charge in [-0.1, -0.05) is 127 Å². The predicted molar refractivity (Wildman–Crippen MR) is 193 cm³/mol. The molecule has 8 aromatic carbocycles. The van der Waals surface area contributed by atoms with Crippen molar-refractivity contribution >= 4 is 54.3 Å². The Kier molecular flexibility index (Phi) is 5.54. The molecule has 0 spiro atoms. The van der Waals surface area contributed by atoms with Crippen LogP contribution in [0.4, 0.5) is 0 Å². The molecule has 0 N–H and O–H groups in total. The number of benzene rings is 8. The average Bonchev–Trinajstić information content (AvgIpc) is 3.54. The van der Waals surface area contributed by atoms with E-state index in [1.165, 1.54) is 43.1 Å². The highest BCUT2D eigenvalue weighted by molar-refractivity contribution is 6.37. The molecule has 2 aromatic heterocycles. The normalized spacial score (nSPS) is 11.8. The molecule has 0 amide bonds. The first-order chi connectivity index (χ1) is 23.3. The van der Waals surface area contributed by atoms with Crippen LogP contribution in [0.25, 0.3) is 99.5 Å². The first-order valence-corrected chi connectivity index (χ1v) is 15.8. The van der Waals surface area contributed by atoms with Crippen molar-refractivity contribution in [2.45, 2.75) is 0 Å². The zero-order chi connectivity index (χ0) is 30.9. The maximum atomic E-state index is 6.57. The molecule has 0 atom stereocenters. The maximum Gasteiger partial charge on any atom is 0.164 e. The first kappa shape index (κ1) is 25.9. The van der Waals surface area contributed by atoms with E-state index < -0.39 is 0 Å². The van der Waals surface area contributed by atoms with E-state index in [2.05, 4.69) is 91.0 Å². The topological polar surface area (TPSA) is 51.8 Å². The van der Waals surface area contributed by atoms with Crippen molar-refractivity contribution in [2.75, 3.05) is 0 Å². The smallest absolute Gasteiger partial charge is 0.164 e. The molecular weight excluding hydrogens is 574 g/mol. The van der Waals surface area contributed by atoms with Gasteiger partial charge in [-0.05, 0) is 67.7 Å². The zero-order valence-corrected chi connectivity index (χ0v) is 25.2. The molecule has 0 fully saturated rings. The molecule has 10 aromatic rings. The molecule has 4 nitrogen and oxygen atoms in total. The van der Waals surface area contributed by atoms with Crippen LogP contribution in [0.1, 0.15) is 0 Å². The molecule has 4 heteroatoms. The van der Waals surface area contributed by atoms with Crippen molar-refractivity contribution in [3.63, 3.8) is 0 Å². The minimum absolute atomic E-state index is 0.631. The second-order valence-electron chi connectivity index (χ2n) is 12.0. The van der Waals surface area contributed by atoms with Gasteiger partial charge in [-0.25, -0.2) is 15.0 Å². The van der Waals surface area contributed by atoms with Gasteiger partial charge in [0.2, 0.25) is 0 Å². The van der Waals surface area contributed by atoms with E-state index in [1.807, 2.05) is 60.7 Å². The fourth-order valence-corrected chi connectivity index (χ4v) is 7.10. The van der Waals surface area contributed by atoms with Crippen molar-refractivity contribution in [3.05, 3.63) is 152 Å². The molecule has 0 unspecified atom stereocenters. The summed E-state index contributed by atoms with van der Waals surface area (Å²) in [4.78, 5) is 14.8. The molecule has 10 rings (SSSR count). The first-order valence-electron chi connectivity index (χ1n) is 15.8. The second kappa shape index (κ2) is 10.1. The fraction of sp³-hybridized carbons (Fsp3) is 0. The van der Waals surface area contributed by atoms with Crippen LogP contribution in [0.15, 0.2) is 156 Å². The monoisotopic (exact) mass is 599 g/mol. The molecule has 47 heavy (non-hydrogen) atoms. The predicted octanol–water partition coefficient (Wildman–Crippen LogP) is 11.3. The third-order valence-corrected chi connectivity index (χ3v) is 9.24. The van der Waals surface area contributed by atoms with Crippen molar-refractivity contribution in [1.29, 1.82) is 0 Å². The third-order valence-electron chi connectivity index (χ3n) is 9.24. The largest absolute Gasteiger partial charge is 0.456 e. The zero-order valence-electron chi connectivity index (χ0n) is 25.2. The van der Waals surface area contributed by atoms with Crippen molar-refractivity contribution in [2.24, 2.45) is 0 Å². The van der Waals surface area contributed by atoms with E-state index in [-0.39, 0.29) is 0 Å². The summed E-state index contributed by atoms with van der Waals surface area (Å²) in [6.45, 7) is 0. The molecule has 2 heterocycles. The van der Waals surface area contributed by atoms with Gasteiger partial charge in [0.05, 0.1) is 0 Å². The van der Waals surface area contributed by atoms with Gasteiger partial charge in [0.25, 0.3) is 0 Å². The molecular formula is C43H25N3O. The standard InChI is InChI=1S/C43H25N3O/c1-3-12-27(13-4-1)41-44-42(28-14-5-2-6-15-28)46-43(45-41)30-17-9-16-29(23-30)31-24-35-38-32-18-8-7-11-26(32)21-22-34(38)33-19-10-20-36-39(33)40(35)37(25-31)47-36/h1-25H. The minimum Gasteiger partial charge on any atom is -0.456 e. The van der Waals surface area contributed by atoms with Gasteiger partial charge in [-0.3, -0.25) is 0 Å². The molecule has 0 bridgehead atoms. The Hall–Kier alpha value is -6.39. The summed E-state index contributed by atoms with van der Waals surface area (Å²) in [5.74, 6) is 1.92. The summed E-state index contributed by atoms with van der Waals surface area (Å²) in [5, 5.41) is 9.75. The lowest BCUT2D eigenvalue weighted by Gasteiger charge is -2.13. The maximum absolute atomic E-state index is 6.57. The Morgan fingerprint density at radius 1 is 0.319 bits per heavy atom. The quantitative estimate of drug-likeness (QED) is 0.189. The summed E-state index contributed by atoms with van der Waals surface area (Å²) in [6, 6.07) is 52.7. The summed E-state index contributed by atoms with van der Waals surface area (Å²) >= 11 is 0. The number of furan rings is 1. The molecule has 0 saturated heterocycles. The second-order valence-corrected chi connectivity index (χ2v) is 12.0. The third kappa shape index (κ3) is 4.05. The Morgan fingerprint density at radius 3 is 1.66 bits per heavy atom. The van der Waals surface area contributed by atoms with E-state index in [0.717, 1.165) is 39.0 Å². The van der Waals surface area contributed by atoms with Gasteiger partial charge in [0, 0.05) is 27.5 Å². The molecule has 0 saturated carbocycles. The Morgan fingerprint density at radius 2 is 0.894 bits per heavy atom. The number of fused-ring (bicyclic) bond motifs is 5. The highest BCUT2D eigenvalue weighted by atomic mass is 16.3. The van der Waals surface area contributed by atoms with Crippen LogP contribution < -0.4 is 0 Å². The van der Waals surface area contributed by atoms with E-state index in [0.29, 0.717) is 17.5 Å². The van der Waals surface area contributed by atoms with E-state index in [9.17, 15) is 0 Å². The average molecular weight is 600 g/mol. The van der Waals surface area contributed by atoms with Crippen molar-refractivity contribution in [1.82, 2.24) is 15.0 Å². The number of rotatable bonds is 4. The van der Waals surface area contributed by atoms with Gasteiger partial charge >= 0.3 is 0 Å². The molecule has 0 aliphatic carbocycles. The van der Waals surface area contributed by atoms with Crippen LogP contribution in [-0.2, 0) is 0 Å². The highest BCUT2D eigenvalue weighted by Crippen LogP contribution is 2.46. The SMILES string of the molecule is c1ccc(-c2nc(-c3ccccc3)nc(-c3cccc(-c4cc5oc6cccc7c8ccc9ccccc9c8c(c4)c5c67)c3)n2)cc1. The van der Waals surface area contributed by atoms with E-state index in [1.54, 1.807) is 0 Å². The number of nitrogens with zero attached hydrogens (tertiary/aromatic N) is 3. The van der Waals surface area contributed by atoms with Crippen LogP contribution in [-0.4, -0.2) is 15.0 Å².